The fourth-order valence-electron chi connectivity index (χ4n) is 6.06. The molecule has 0 radical (unpaired) electrons. The first-order valence-electron chi connectivity index (χ1n) is 14.3. The molecule has 1 aliphatic carbocycles. The van der Waals surface area contributed by atoms with Crippen LogP contribution in [-0.4, -0.2) is 91.3 Å². The first kappa shape index (κ1) is 28.0. The smallest absolute Gasteiger partial charge is 0.246 e. The maximum absolute atomic E-state index is 11.8. The van der Waals surface area contributed by atoms with Gasteiger partial charge in [-0.05, 0) is 24.0 Å². The molecule has 1 amide bonds. The minimum atomic E-state index is -1.21. The Bertz CT molecular complexity index is 1480. The van der Waals surface area contributed by atoms with Gasteiger partial charge in [-0.1, -0.05) is 60.7 Å². The summed E-state index contributed by atoms with van der Waals surface area (Å²) in [6.07, 6.45) is 0.262. The average molecular weight is 573 g/mol. The fraction of sp³-hybridized carbons (Fsp3) is 0.400. The third-order valence-electron chi connectivity index (χ3n) is 8.29. The normalized spacial score (nSPS) is 24.0. The molecule has 2 aromatic heterocycles. The van der Waals surface area contributed by atoms with E-state index in [1.54, 1.807) is 10.9 Å². The van der Waals surface area contributed by atoms with Gasteiger partial charge in [0.25, 0.3) is 0 Å². The molecule has 6 rings (SSSR count). The van der Waals surface area contributed by atoms with Crippen molar-refractivity contribution in [3.05, 3.63) is 78.1 Å². The molecule has 1 saturated carbocycles. The maximum Gasteiger partial charge on any atom is 0.246 e. The van der Waals surface area contributed by atoms with Gasteiger partial charge in [0.2, 0.25) is 11.9 Å². The van der Waals surface area contributed by atoms with Gasteiger partial charge in [0.05, 0.1) is 18.4 Å². The number of anilines is 2. The number of nitrogens with two attached hydrogens (primary N) is 1. The van der Waals surface area contributed by atoms with E-state index in [1.807, 2.05) is 41.3 Å². The minimum absolute atomic E-state index is 0.0221. The Morgan fingerprint density at radius 2 is 1.71 bits per heavy atom. The molecule has 7 N–H and O–H groups in total. The van der Waals surface area contributed by atoms with Crippen molar-refractivity contribution in [2.24, 2.45) is 5.73 Å². The zero-order valence-corrected chi connectivity index (χ0v) is 23.1. The van der Waals surface area contributed by atoms with Gasteiger partial charge >= 0.3 is 0 Å². The van der Waals surface area contributed by atoms with Crippen LogP contribution in [0.15, 0.2) is 67.0 Å². The Morgan fingerprint density at radius 3 is 2.33 bits per heavy atom. The fourth-order valence-corrected chi connectivity index (χ4v) is 6.06. The number of hydrogen-bond donors (Lipinski definition) is 6. The van der Waals surface area contributed by atoms with Crippen LogP contribution in [0.4, 0.5) is 11.8 Å². The van der Waals surface area contributed by atoms with E-state index in [-0.39, 0.29) is 18.4 Å². The van der Waals surface area contributed by atoms with Crippen molar-refractivity contribution in [1.29, 1.82) is 0 Å². The highest BCUT2D eigenvalue weighted by Crippen LogP contribution is 2.35. The monoisotopic (exact) mass is 572 g/mol. The number of aliphatic hydroxyl groups is 3. The third-order valence-corrected chi connectivity index (χ3v) is 8.29. The molecule has 0 bridgehead atoms. The van der Waals surface area contributed by atoms with E-state index in [0.29, 0.717) is 36.0 Å². The summed E-state index contributed by atoms with van der Waals surface area (Å²) in [7, 11) is 0. The molecule has 42 heavy (non-hydrogen) atoms. The zero-order chi connectivity index (χ0) is 29.2. The number of nitrogens with one attached hydrogen (secondary N) is 2. The van der Waals surface area contributed by atoms with Crippen LogP contribution < -0.4 is 21.3 Å². The summed E-state index contributed by atoms with van der Waals surface area (Å²) in [5, 5.41) is 36.9. The molecule has 12 heteroatoms. The molecule has 1 aliphatic heterocycles. The summed E-state index contributed by atoms with van der Waals surface area (Å²) >= 11 is 0. The van der Waals surface area contributed by atoms with Gasteiger partial charge in [-0.3, -0.25) is 4.79 Å². The molecule has 1 saturated heterocycles. The highest BCUT2D eigenvalue weighted by molar-refractivity contribution is 5.84. The van der Waals surface area contributed by atoms with Crippen LogP contribution in [0.25, 0.3) is 11.2 Å². The first-order chi connectivity index (χ1) is 20.4. The van der Waals surface area contributed by atoms with Gasteiger partial charge in [0.15, 0.2) is 17.0 Å². The largest absolute Gasteiger partial charge is 0.388 e. The Morgan fingerprint density at radius 1 is 1.02 bits per heavy atom. The number of carbonyl (C=O) groups is 1. The van der Waals surface area contributed by atoms with Gasteiger partial charge in [0, 0.05) is 31.6 Å². The van der Waals surface area contributed by atoms with E-state index >= 15 is 0 Å². The number of rotatable bonds is 9. The Balaban J connectivity index is 1.36. The molecule has 0 spiro atoms. The summed E-state index contributed by atoms with van der Waals surface area (Å²) in [6.45, 7) is 1.19. The van der Waals surface area contributed by atoms with Crippen molar-refractivity contribution >= 4 is 28.8 Å². The van der Waals surface area contributed by atoms with Crippen LogP contribution in [0, 0.1) is 0 Å². The predicted molar refractivity (Wildman–Crippen MR) is 158 cm³/mol. The van der Waals surface area contributed by atoms with E-state index in [0.717, 1.165) is 24.1 Å². The third kappa shape index (κ3) is 5.53. The number of aliphatic hydroxyl groups excluding tert-OH is 3. The molecule has 4 aromatic rings. The number of nitrogens with zero attached hydrogens (tertiary/aromatic N) is 5. The lowest BCUT2D eigenvalue weighted by Crippen LogP contribution is -2.44. The van der Waals surface area contributed by atoms with Crippen LogP contribution in [0.3, 0.4) is 0 Å². The number of fused-ring (bicyclic) bond motifs is 1. The lowest BCUT2D eigenvalue weighted by molar-refractivity contribution is -0.125. The van der Waals surface area contributed by atoms with Crippen molar-refractivity contribution < 1.29 is 20.1 Å². The molecule has 220 valence electrons. The standard InChI is InChI=1S/C30H36N8O4/c31-20-11-12-37(15-20)30-35-28(32-14-21(18-7-3-1-4-8-18)19-9-5-2-6-10-19)25-29(36-30)38(17-33-25)23-13-22(26(41)27(23)42)34-24(40)16-39/h1-10,17,20-23,26-27,39,41-42H,11-16,31H2,(H,34,40)(H,32,35,36)/t20-,22+,23-,26-,27+/m1/s1. The van der Waals surface area contributed by atoms with E-state index < -0.39 is 36.8 Å². The summed E-state index contributed by atoms with van der Waals surface area (Å²) in [5.74, 6) is 0.499. The lowest BCUT2D eigenvalue weighted by atomic mass is 9.91. The predicted octanol–water partition coefficient (Wildman–Crippen LogP) is 0.751. The molecule has 2 fully saturated rings. The van der Waals surface area contributed by atoms with E-state index in [4.69, 9.17) is 20.8 Å². The number of benzene rings is 2. The molecule has 2 aromatic carbocycles. The molecule has 3 heterocycles. The average Bonchev–Trinajstić information content (AvgIpc) is 3.72. The van der Waals surface area contributed by atoms with Crippen LogP contribution in [0.5, 0.6) is 0 Å². The van der Waals surface area contributed by atoms with Crippen molar-refractivity contribution in [2.45, 2.75) is 49.1 Å². The van der Waals surface area contributed by atoms with E-state index in [1.165, 1.54) is 0 Å². The highest BCUT2D eigenvalue weighted by atomic mass is 16.3. The molecule has 0 unspecified atom stereocenters. The Labute approximate surface area is 243 Å². The van der Waals surface area contributed by atoms with E-state index in [9.17, 15) is 15.0 Å². The Kier molecular flexibility index (Phi) is 8.02. The van der Waals surface area contributed by atoms with Crippen LogP contribution in [0.1, 0.15) is 35.9 Å². The van der Waals surface area contributed by atoms with Crippen LogP contribution in [-0.2, 0) is 4.79 Å². The van der Waals surface area contributed by atoms with Crippen LogP contribution >= 0.6 is 0 Å². The maximum atomic E-state index is 11.8. The summed E-state index contributed by atoms with van der Waals surface area (Å²) in [4.78, 5) is 28.2. The molecule has 2 aliphatic rings. The Hall–Kier alpha value is -4.10. The number of carbonyl (C=O) groups excluding carboxylic acids is 1. The highest BCUT2D eigenvalue weighted by Gasteiger charge is 2.44. The van der Waals surface area contributed by atoms with Gasteiger partial charge in [-0.25, -0.2) is 4.98 Å². The SMILES string of the molecule is N[C@@H]1CCN(c2nc(NCC(c3ccccc3)c3ccccc3)c3ncn([C@@H]4C[C@H](NC(=O)CO)[C@@H](O)[C@H]4O)c3n2)C1. The van der Waals surface area contributed by atoms with Crippen molar-refractivity contribution in [1.82, 2.24) is 24.8 Å². The number of amides is 1. The molecule has 12 nitrogen and oxygen atoms in total. The van der Waals surface area contributed by atoms with Crippen molar-refractivity contribution in [3.8, 4) is 0 Å². The second kappa shape index (κ2) is 12.0. The van der Waals surface area contributed by atoms with Gasteiger partial charge in [-0.2, -0.15) is 9.97 Å². The first-order valence-corrected chi connectivity index (χ1v) is 14.3. The second-order valence-electron chi connectivity index (χ2n) is 11.1. The van der Waals surface area contributed by atoms with Crippen LogP contribution in [0.2, 0.25) is 0 Å². The van der Waals surface area contributed by atoms with Crippen molar-refractivity contribution in [3.63, 3.8) is 0 Å². The molecular weight excluding hydrogens is 536 g/mol. The number of hydrogen-bond acceptors (Lipinski definition) is 10. The van der Waals surface area contributed by atoms with Gasteiger partial charge in [0.1, 0.15) is 18.8 Å². The van der Waals surface area contributed by atoms with E-state index in [2.05, 4.69) is 39.9 Å². The number of aromatic nitrogens is 4. The summed E-state index contributed by atoms with van der Waals surface area (Å²) in [5.41, 5.74) is 9.57. The number of imidazole rings is 1. The topological polar surface area (TPSA) is 175 Å². The quantitative estimate of drug-likeness (QED) is 0.168. The summed E-state index contributed by atoms with van der Waals surface area (Å²) in [6, 6.07) is 19.3. The van der Waals surface area contributed by atoms with Crippen molar-refractivity contribution in [2.75, 3.05) is 36.5 Å². The lowest BCUT2D eigenvalue weighted by Gasteiger charge is -2.22. The molecular formula is C30H36N8O4. The van der Waals surface area contributed by atoms with Gasteiger partial charge in [-0.15, -0.1) is 0 Å². The molecule has 5 atom stereocenters. The summed E-state index contributed by atoms with van der Waals surface area (Å²) < 4.78 is 1.74. The second-order valence-corrected chi connectivity index (χ2v) is 11.1. The van der Waals surface area contributed by atoms with Gasteiger partial charge < -0.3 is 41.2 Å². The minimum Gasteiger partial charge on any atom is -0.388 e. The zero-order valence-electron chi connectivity index (χ0n) is 23.1.